The molecule has 9 nitrogen and oxygen atoms in total. The molecular weight excluding hydrogens is 530 g/mol. The first-order valence-corrected chi connectivity index (χ1v) is 13.6. The minimum atomic E-state index is -0.698. The Kier molecular flexibility index (Phi) is 7.36. The summed E-state index contributed by atoms with van der Waals surface area (Å²) in [6, 6.07) is 16.7. The topological polar surface area (TPSA) is 117 Å². The van der Waals surface area contributed by atoms with Crippen LogP contribution in [0.4, 0.5) is 5.69 Å². The number of thiazole rings is 1. The molecule has 5 rings (SSSR count). The molecule has 0 spiro atoms. The summed E-state index contributed by atoms with van der Waals surface area (Å²) in [6.45, 7) is 7.89. The van der Waals surface area contributed by atoms with Crippen LogP contribution < -0.4 is 14.9 Å². The number of hydrogen-bond acceptors (Lipinski definition) is 8. The maximum Gasteiger partial charge on any atom is 0.338 e. The first-order valence-electron chi connectivity index (χ1n) is 12.8. The second kappa shape index (κ2) is 10.9. The van der Waals surface area contributed by atoms with Crippen LogP contribution in [0.5, 0.6) is 0 Å². The Morgan fingerprint density at radius 1 is 1.20 bits per heavy atom. The Bertz CT molecular complexity index is 1830. The molecule has 1 aliphatic rings. The summed E-state index contributed by atoms with van der Waals surface area (Å²) >= 11 is 1.20. The Hall–Kier alpha value is -4.57. The van der Waals surface area contributed by atoms with Gasteiger partial charge in [0.25, 0.3) is 11.2 Å². The molecule has 0 unspecified atom stereocenters. The smallest absolute Gasteiger partial charge is 0.338 e. The van der Waals surface area contributed by atoms with E-state index in [2.05, 4.69) is 18.8 Å². The summed E-state index contributed by atoms with van der Waals surface area (Å²) in [7, 11) is 0. The summed E-state index contributed by atoms with van der Waals surface area (Å²) in [5, 5.41) is 11.2. The molecule has 0 saturated carbocycles. The van der Waals surface area contributed by atoms with Gasteiger partial charge in [-0.1, -0.05) is 61.6 Å². The standard InChI is InChI=1S/C30H27N3O6S/c1-5-38-29(35)26-18(4)31-30-32(27(26)20-11-9-19(10-12-20)17(2)3)28(34)25(40-30)16-23-13-14-24(39-23)21-7-6-8-22(15-21)33(36)37/h6-17,27H,5H2,1-4H3/b25-16-/t27-/m1/s1. The van der Waals surface area contributed by atoms with E-state index in [0.29, 0.717) is 43.6 Å². The van der Waals surface area contributed by atoms with Gasteiger partial charge in [0.1, 0.15) is 11.5 Å². The number of fused-ring (bicyclic) bond motifs is 1. The highest BCUT2D eigenvalue weighted by molar-refractivity contribution is 7.07. The minimum absolute atomic E-state index is 0.0436. The van der Waals surface area contributed by atoms with E-state index in [1.807, 2.05) is 24.3 Å². The van der Waals surface area contributed by atoms with E-state index in [-0.39, 0.29) is 17.9 Å². The van der Waals surface area contributed by atoms with E-state index in [9.17, 15) is 19.7 Å². The quantitative estimate of drug-likeness (QED) is 0.178. The lowest BCUT2D eigenvalue weighted by Crippen LogP contribution is -2.39. The molecule has 2 aromatic carbocycles. The molecule has 3 heterocycles. The molecule has 4 aromatic rings. The number of aromatic nitrogens is 1. The molecule has 0 amide bonds. The summed E-state index contributed by atoms with van der Waals surface area (Å²) in [4.78, 5) is 42.6. The number of rotatable bonds is 7. The molecule has 204 valence electrons. The molecule has 10 heteroatoms. The van der Waals surface area contributed by atoms with Crippen molar-refractivity contribution in [2.24, 2.45) is 4.99 Å². The van der Waals surface area contributed by atoms with Crippen molar-refractivity contribution in [3.05, 3.63) is 119 Å². The number of nitro benzene ring substituents is 1. The van der Waals surface area contributed by atoms with Gasteiger partial charge in [-0.3, -0.25) is 19.5 Å². The molecule has 1 atom stereocenters. The largest absolute Gasteiger partial charge is 0.463 e. The number of carbonyl (C=O) groups excluding carboxylic acids is 1. The van der Waals surface area contributed by atoms with Gasteiger partial charge in [-0.15, -0.1) is 0 Å². The molecule has 0 radical (unpaired) electrons. The van der Waals surface area contributed by atoms with Crippen LogP contribution in [0.3, 0.4) is 0 Å². The second-order valence-electron chi connectivity index (χ2n) is 9.63. The fraction of sp³-hybridized carbons (Fsp3) is 0.233. The number of esters is 1. The van der Waals surface area contributed by atoms with Crippen molar-refractivity contribution in [1.29, 1.82) is 0 Å². The highest BCUT2D eigenvalue weighted by Gasteiger charge is 2.33. The third kappa shape index (κ3) is 5.05. The number of nitrogens with zero attached hydrogens (tertiary/aromatic N) is 3. The van der Waals surface area contributed by atoms with E-state index < -0.39 is 16.9 Å². The Morgan fingerprint density at radius 3 is 2.62 bits per heavy atom. The highest BCUT2D eigenvalue weighted by atomic mass is 32.1. The van der Waals surface area contributed by atoms with Crippen LogP contribution in [-0.4, -0.2) is 22.1 Å². The van der Waals surface area contributed by atoms with Crippen molar-refractivity contribution >= 4 is 29.1 Å². The predicted octanol–water partition coefficient (Wildman–Crippen LogP) is 5.09. The first-order chi connectivity index (χ1) is 19.2. The van der Waals surface area contributed by atoms with Gasteiger partial charge in [0.05, 0.1) is 33.4 Å². The molecule has 0 N–H and O–H groups in total. The molecule has 0 saturated heterocycles. The maximum absolute atomic E-state index is 13.8. The molecule has 0 bridgehead atoms. The zero-order valence-electron chi connectivity index (χ0n) is 22.4. The van der Waals surface area contributed by atoms with Crippen molar-refractivity contribution in [3.63, 3.8) is 0 Å². The number of ether oxygens (including phenoxy) is 1. The highest BCUT2D eigenvalue weighted by Crippen LogP contribution is 2.32. The Morgan fingerprint density at radius 2 is 1.95 bits per heavy atom. The van der Waals surface area contributed by atoms with Gasteiger partial charge in [-0.2, -0.15) is 0 Å². The zero-order chi connectivity index (χ0) is 28.6. The maximum atomic E-state index is 13.8. The van der Waals surface area contributed by atoms with Crippen molar-refractivity contribution < 1.29 is 18.9 Å². The third-order valence-electron chi connectivity index (χ3n) is 6.68. The van der Waals surface area contributed by atoms with E-state index >= 15 is 0 Å². The normalized spacial score (nSPS) is 15.2. The van der Waals surface area contributed by atoms with Crippen LogP contribution in [-0.2, 0) is 9.53 Å². The van der Waals surface area contributed by atoms with Gasteiger partial charge >= 0.3 is 5.97 Å². The number of benzene rings is 2. The summed E-state index contributed by atoms with van der Waals surface area (Å²) in [6.07, 6.45) is 1.62. The number of carbonyl (C=O) groups is 1. The van der Waals surface area contributed by atoms with E-state index in [1.54, 1.807) is 44.2 Å². The lowest BCUT2D eigenvalue weighted by molar-refractivity contribution is -0.384. The summed E-state index contributed by atoms with van der Waals surface area (Å²) in [5.74, 6) is 0.666. The predicted molar refractivity (Wildman–Crippen MR) is 152 cm³/mol. The zero-order valence-corrected chi connectivity index (χ0v) is 23.2. The second-order valence-corrected chi connectivity index (χ2v) is 10.6. The fourth-order valence-electron chi connectivity index (χ4n) is 4.66. The number of nitro groups is 1. The summed E-state index contributed by atoms with van der Waals surface area (Å²) in [5.41, 5.74) is 2.93. The van der Waals surface area contributed by atoms with Crippen molar-refractivity contribution in [3.8, 4) is 11.3 Å². The first kappa shape index (κ1) is 27.0. The lowest BCUT2D eigenvalue weighted by Gasteiger charge is -2.25. The number of hydrogen-bond donors (Lipinski definition) is 0. The van der Waals surface area contributed by atoms with Crippen molar-refractivity contribution in [2.45, 2.75) is 39.7 Å². The summed E-state index contributed by atoms with van der Waals surface area (Å²) < 4.78 is 13.2. The van der Waals surface area contributed by atoms with E-state index in [0.717, 1.165) is 11.1 Å². The van der Waals surface area contributed by atoms with Crippen molar-refractivity contribution in [2.75, 3.05) is 6.61 Å². The van der Waals surface area contributed by atoms with E-state index in [4.69, 9.17) is 9.15 Å². The van der Waals surface area contributed by atoms with Gasteiger partial charge in [0, 0.05) is 23.8 Å². The van der Waals surface area contributed by atoms with Crippen LogP contribution in [0, 0.1) is 10.1 Å². The number of allylic oxidation sites excluding steroid dienone is 1. The molecular formula is C30H27N3O6S. The molecule has 40 heavy (non-hydrogen) atoms. The van der Waals surface area contributed by atoms with E-state index in [1.165, 1.54) is 28.0 Å². The molecule has 2 aromatic heterocycles. The molecule has 0 aliphatic carbocycles. The van der Waals surface area contributed by atoms with Crippen LogP contribution >= 0.6 is 11.3 Å². The molecule has 0 fully saturated rings. The van der Waals surface area contributed by atoms with Gasteiger partial charge in [-0.05, 0) is 43.0 Å². The lowest BCUT2D eigenvalue weighted by atomic mass is 9.93. The number of furan rings is 1. The molecule has 1 aliphatic heterocycles. The average Bonchev–Trinajstić information content (AvgIpc) is 3.52. The van der Waals surface area contributed by atoms with Gasteiger partial charge < -0.3 is 9.15 Å². The van der Waals surface area contributed by atoms with Crippen LogP contribution in [0.2, 0.25) is 0 Å². The van der Waals surface area contributed by atoms with Crippen molar-refractivity contribution in [1.82, 2.24) is 4.57 Å². The average molecular weight is 558 g/mol. The van der Waals surface area contributed by atoms with Gasteiger partial charge in [0.15, 0.2) is 4.80 Å². The Balaban J connectivity index is 1.61. The van der Waals surface area contributed by atoms with Crippen LogP contribution in [0.1, 0.15) is 56.5 Å². The minimum Gasteiger partial charge on any atom is -0.463 e. The monoisotopic (exact) mass is 557 g/mol. The van der Waals surface area contributed by atoms with Crippen LogP contribution in [0.25, 0.3) is 17.4 Å². The third-order valence-corrected chi connectivity index (χ3v) is 7.66. The van der Waals surface area contributed by atoms with Gasteiger partial charge in [0.2, 0.25) is 0 Å². The van der Waals surface area contributed by atoms with Crippen LogP contribution in [0.15, 0.2) is 86.1 Å². The SMILES string of the molecule is CCOC(=O)C1=C(C)N=c2s/c(=C\c3ccc(-c4cccc([N+](=O)[O-])c4)o3)c(=O)n2[C@@H]1c1ccc(C(C)C)cc1. The Labute approximate surface area is 233 Å². The van der Waals surface area contributed by atoms with Gasteiger partial charge in [-0.25, -0.2) is 9.79 Å². The number of non-ortho nitro benzene ring substituents is 1. The fourth-order valence-corrected chi connectivity index (χ4v) is 5.68.